The minimum atomic E-state index is -4.07. The molecule has 0 amide bonds. The van der Waals surface area contributed by atoms with Crippen molar-refractivity contribution in [1.29, 1.82) is 0 Å². The van der Waals surface area contributed by atoms with Gasteiger partial charge in [-0.15, -0.1) is 0 Å². The second kappa shape index (κ2) is 6.79. The Morgan fingerprint density at radius 3 is 2.57 bits per heavy atom. The van der Waals surface area contributed by atoms with Crippen LogP contribution in [0, 0.1) is 12.8 Å². The van der Waals surface area contributed by atoms with E-state index in [-0.39, 0.29) is 19.0 Å². The minimum Gasteiger partial charge on any atom is -0.324 e. The van der Waals surface area contributed by atoms with Crippen molar-refractivity contribution in [3.63, 3.8) is 0 Å². The van der Waals surface area contributed by atoms with Crippen LogP contribution in [0.4, 0.5) is 13.2 Å². The van der Waals surface area contributed by atoms with Crippen LogP contribution in [0.5, 0.6) is 0 Å². The van der Waals surface area contributed by atoms with Crippen LogP contribution < -0.4 is 5.73 Å². The van der Waals surface area contributed by atoms with Gasteiger partial charge in [0.05, 0.1) is 5.92 Å². The maximum absolute atomic E-state index is 12.8. The Hall–Kier alpha value is -1.07. The highest BCUT2D eigenvalue weighted by atomic mass is 19.4. The third-order valence-corrected chi connectivity index (χ3v) is 4.23. The molecule has 118 valence electrons. The number of nitrogens with two attached hydrogens (primary N) is 1. The Bertz CT molecular complexity index is 442. The zero-order valence-corrected chi connectivity index (χ0v) is 12.4. The maximum atomic E-state index is 12.8. The van der Waals surface area contributed by atoms with E-state index in [9.17, 15) is 13.2 Å². The van der Waals surface area contributed by atoms with E-state index in [2.05, 4.69) is 0 Å². The highest BCUT2D eigenvalue weighted by Gasteiger charge is 2.41. The first-order valence-electron chi connectivity index (χ1n) is 7.47. The zero-order valence-electron chi connectivity index (χ0n) is 12.4. The van der Waals surface area contributed by atoms with Gasteiger partial charge >= 0.3 is 6.18 Å². The van der Waals surface area contributed by atoms with Gasteiger partial charge in [-0.05, 0) is 44.8 Å². The topological polar surface area (TPSA) is 29.3 Å². The fourth-order valence-corrected chi connectivity index (χ4v) is 2.83. The molecule has 0 saturated carbocycles. The molecule has 2 rings (SSSR count). The van der Waals surface area contributed by atoms with Crippen molar-refractivity contribution in [2.45, 2.75) is 38.4 Å². The summed E-state index contributed by atoms with van der Waals surface area (Å²) in [4.78, 5) is 1.90. The highest BCUT2D eigenvalue weighted by molar-refractivity contribution is 5.23. The average molecular weight is 300 g/mol. The van der Waals surface area contributed by atoms with Crippen LogP contribution in [0.1, 0.15) is 36.4 Å². The fourth-order valence-electron chi connectivity index (χ4n) is 2.83. The average Bonchev–Trinajstić information content (AvgIpc) is 2.45. The fraction of sp³-hybridized carbons (Fsp3) is 0.625. The van der Waals surface area contributed by atoms with Crippen LogP contribution >= 0.6 is 0 Å². The molecule has 1 fully saturated rings. The molecule has 0 aliphatic carbocycles. The summed E-state index contributed by atoms with van der Waals surface area (Å²) in [6, 6.07) is 7.89. The van der Waals surface area contributed by atoms with Crippen LogP contribution in [0.25, 0.3) is 0 Å². The summed E-state index contributed by atoms with van der Waals surface area (Å²) in [5, 5.41) is 0. The van der Waals surface area contributed by atoms with Gasteiger partial charge in [0.25, 0.3) is 0 Å². The van der Waals surface area contributed by atoms with Crippen molar-refractivity contribution < 1.29 is 13.2 Å². The molecule has 2 nitrogen and oxygen atoms in total. The van der Waals surface area contributed by atoms with E-state index in [4.69, 9.17) is 5.73 Å². The molecule has 2 atom stereocenters. The van der Waals surface area contributed by atoms with E-state index >= 15 is 0 Å². The Labute approximate surface area is 124 Å². The zero-order chi connectivity index (χ0) is 15.5. The number of hydrogen-bond acceptors (Lipinski definition) is 2. The van der Waals surface area contributed by atoms with Crippen molar-refractivity contribution in [2.24, 2.45) is 11.7 Å². The van der Waals surface area contributed by atoms with Gasteiger partial charge in [-0.1, -0.05) is 29.8 Å². The lowest BCUT2D eigenvalue weighted by atomic mass is 9.96. The molecule has 1 aliphatic heterocycles. The van der Waals surface area contributed by atoms with Gasteiger partial charge in [-0.25, -0.2) is 0 Å². The van der Waals surface area contributed by atoms with Crippen molar-refractivity contribution in [3.8, 4) is 0 Å². The van der Waals surface area contributed by atoms with Crippen molar-refractivity contribution >= 4 is 0 Å². The summed E-state index contributed by atoms with van der Waals surface area (Å²) < 4.78 is 38.3. The number of aryl methyl sites for hydroxylation is 1. The molecule has 1 heterocycles. The largest absolute Gasteiger partial charge is 0.393 e. The number of alkyl halides is 3. The summed E-state index contributed by atoms with van der Waals surface area (Å²) in [6.07, 6.45) is -2.51. The monoisotopic (exact) mass is 300 g/mol. The number of rotatable bonds is 4. The number of likely N-dealkylation sites (tertiary alicyclic amines) is 1. The standard InChI is InChI=1S/C16H23F3N2/c1-12-4-6-13(7-5-12)15(20)8-10-21-9-2-3-14(11-21)16(17,18)19/h4-7,14-15H,2-3,8-11,20H2,1H3. The van der Waals surface area contributed by atoms with Crippen LogP contribution in [0.15, 0.2) is 24.3 Å². The first-order chi connectivity index (χ1) is 9.86. The SMILES string of the molecule is Cc1ccc(C(N)CCN2CCCC(C(F)(F)F)C2)cc1. The third-order valence-electron chi connectivity index (χ3n) is 4.23. The predicted octanol–water partition coefficient (Wildman–Crippen LogP) is 3.66. The van der Waals surface area contributed by atoms with Crippen LogP contribution in [0.2, 0.25) is 0 Å². The van der Waals surface area contributed by atoms with E-state index < -0.39 is 12.1 Å². The predicted molar refractivity (Wildman–Crippen MR) is 77.9 cm³/mol. The van der Waals surface area contributed by atoms with Gasteiger partial charge in [0.1, 0.15) is 0 Å². The van der Waals surface area contributed by atoms with Gasteiger partial charge in [-0.3, -0.25) is 0 Å². The second-order valence-electron chi connectivity index (χ2n) is 5.99. The molecule has 2 N–H and O–H groups in total. The highest BCUT2D eigenvalue weighted by Crippen LogP contribution is 2.33. The molecule has 1 aromatic carbocycles. The van der Waals surface area contributed by atoms with Gasteiger partial charge < -0.3 is 10.6 Å². The van der Waals surface area contributed by atoms with Crippen molar-refractivity contribution in [1.82, 2.24) is 4.90 Å². The lowest BCUT2D eigenvalue weighted by Crippen LogP contribution is -2.42. The number of hydrogen-bond donors (Lipinski definition) is 1. The van der Waals surface area contributed by atoms with Gasteiger partial charge in [0.2, 0.25) is 0 Å². The quantitative estimate of drug-likeness (QED) is 0.919. The third kappa shape index (κ3) is 4.71. The Morgan fingerprint density at radius 1 is 1.29 bits per heavy atom. The van der Waals surface area contributed by atoms with Crippen molar-refractivity contribution in [2.75, 3.05) is 19.6 Å². The van der Waals surface area contributed by atoms with Gasteiger partial charge in [0, 0.05) is 12.6 Å². The summed E-state index contributed by atoms with van der Waals surface area (Å²) >= 11 is 0. The van der Waals surface area contributed by atoms with Gasteiger partial charge in [0.15, 0.2) is 0 Å². The Kier molecular flexibility index (Phi) is 5.27. The Balaban J connectivity index is 1.83. The summed E-state index contributed by atoms with van der Waals surface area (Å²) in [5.74, 6) is -1.18. The normalized spacial score (nSPS) is 22.2. The number of halogens is 3. The van der Waals surface area contributed by atoms with Crippen LogP contribution in [-0.2, 0) is 0 Å². The maximum Gasteiger partial charge on any atom is 0.393 e. The second-order valence-corrected chi connectivity index (χ2v) is 5.99. The minimum absolute atomic E-state index is 0.114. The summed E-state index contributed by atoms with van der Waals surface area (Å²) in [7, 11) is 0. The first-order valence-corrected chi connectivity index (χ1v) is 7.47. The molecule has 0 spiro atoms. The van der Waals surface area contributed by atoms with E-state index in [1.165, 1.54) is 5.56 Å². The number of benzene rings is 1. The summed E-state index contributed by atoms with van der Waals surface area (Å²) in [6.45, 7) is 3.50. The number of nitrogens with zero attached hydrogens (tertiary/aromatic N) is 1. The van der Waals surface area contributed by atoms with E-state index in [0.29, 0.717) is 19.4 Å². The molecule has 2 unspecified atom stereocenters. The lowest BCUT2D eigenvalue weighted by molar-refractivity contribution is -0.186. The molecule has 1 saturated heterocycles. The van der Waals surface area contributed by atoms with E-state index in [0.717, 1.165) is 12.1 Å². The molecule has 0 aromatic heterocycles. The van der Waals surface area contributed by atoms with Crippen LogP contribution in [0.3, 0.4) is 0 Å². The van der Waals surface area contributed by atoms with Crippen molar-refractivity contribution in [3.05, 3.63) is 35.4 Å². The molecular weight excluding hydrogens is 277 g/mol. The molecule has 21 heavy (non-hydrogen) atoms. The molecule has 0 bridgehead atoms. The molecule has 0 radical (unpaired) electrons. The molecular formula is C16H23F3N2. The first kappa shape index (κ1) is 16.3. The van der Waals surface area contributed by atoms with Crippen LogP contribution in [-0.4, -0.2) is 30.7 Å². The van der Waals surface area contributed by atoms with E-state index in [1.54, 1.807) is 0 Å². The smallest absolute Gasteiger partial charge is 0.324 e. The Morgan fingerprint density at radius 2 is 1.95 bits per heavy atom. The summed E-state index contributed by atoms with van der Waals surface area (Å²) in [5.41, 5.74) is 8.36. The molecule has 1 aliphatic rings. The molecule has 1 aromatic rings. The molecule has 5 heteroatoms. The number of piperidine rings is 1. The van der Waals surface area contributed by atoms with E-state index in [1.807, 2.05) is 36.1 Å². The van der Waals surface area contributed by atoms with Gasteiger partial charge in [-0.2, -0.15) is 13.2 Å². The lowest BCUT2D eigenvalue weighted by Gasteiger charge is -2.34.